The first kappa shape index (κ1) is 16.5. The van der Waals surface area contributed by atoms with E-state index in [1.807, 2.05) is 42.8 Å². The molecule has 0 aliphatic carbocycles. The number of anilines is 1. The number of hydrogen-bond acceptors (Lipinski definition) is 4. The molecule has 22 heavy (non-hydrogen) atoms. The second kappa shape index (κ2) is 7.45. The average molecular weight is 318 g/mol. The fraction of sp³-hybridized carbons (Fsp3) is 0.438. The Balaban J connectivity index is 1.88. The van der Waals surface area contributed by atoms with E-state index >= 15 is 0 Å². The number of hydrogen-bond donors (Lipinski definition) is 1. The topological polar surface area (TPSA) is 59.8 Å². The highest BCUT2D eigenvalue weighted by Crippen LogP contribution is 2.19. The highest BCUT2D eigenvalue weighted by Gasteiger charge is 2.10. The van der Waals surface area contributed by atoms with Gasteiger partial charge >= 0.3 is 0 Å². The van der Waals surface area contributed by atoms with E-state index < -0.39 is 0 Å². The molecule has 0 spiro atoms. The second-order valence-electron chi connectivity index (χ2n) is 5.42. The standard InChI is InChI=1S/C16H22N4OS/c1-5-14-18-19-16(20(14)4)22-10-15(21)17-13-8-6-12(7-9-13)11(2)3/h6-9,11H,5,10H2,1-4H3,(H,17,21). The van der Waals surface area contributed by atoms with E-state index in [4.69, 9.17) is 0 Å². The summed E-state index contributed by atoms with van der Waals surface area (Å²) in [6, 6.07) is 7.97. The van der Waals surface area contributed by atoms with Gasteiger partial charge in [0, 0.05) is 19.2 Å². The molecule has 0 atom stereocenters. The summed E-state index contributed by atoms with van der Waals surface area (Å²) in [4.78, 5) is 12.0. The fourth-order valence-electron chi connectivity index (χ4n) is 2.06. The van der Waals surface area contributed by atoms with E-state index in [9.17, 15) is 4.79 Å². The Morgan fingerprint density at radius 1 is 1.27 bits per heavy atom. The molecule has 0 fully saturated rings. The second-order valence-corrected chi connectivity index (χ2v) is 6.37. The molecule has 2 aromatic rings. The van der Waals surface area contributed by atoms with E-state index in [2.05, 4.69) is 29.4 Å². The lowest BCUT2D eigenvalue weighted by Gasteiger charge is -2.08. The van der Waals surface area contributed by atoms with Gasteiger partial charge in [-0.1, -0.05) is 44.7 Å². The smallest absolute Gasteiger partial charge is 0.234 e. The Kier molecular flexibility index (Phi) is 5.60. The van der Waals surface area contributed by atoms with Crippen molar-refractivity contribution in [1.82, 2.24) is 14.8 Å². The number of benzene rings is 1. The van der Waals surface area contributed by atoms with Crippen LogP contribution in [0.3, 0.4) is 0 Å². The molecule has 1 heterocycles. The highest BCUT2D eigenvalue weighted by atomic mass is 32.2. The third-order valence-electron chi connectivity index (χ3n) is 3.43. The maximum atomic E-state index is 12.0. The summed E-state index contributed by atoms with van der Waals surface area (Å²) in [6.45, 7) is 6.33. The third-order valence-corrected chi connectivity index (χ3v) is 4.46. The lowest BCUT2D eigenvalue weighted by atomic mass is 10.0. The van der Waals surface area contributed by atoms with Gasteiger partial charge in [-0.25, -0.2) is 0 Å². The molecule has 118 valence electrons. The van der Waals surface area contributed by atoms with Crippen molar-refractivity contribution in [3.8, 4) is 0 Å². The Hall–Kier alpha value is -1.82. The summed E-state index contributed by atoms with van der Waals surface area (Å²) < 4.78 is 1.93. The number of thioether (sulfide) groups is 1. The molecule has 0 saturated carbocycles. The molecule has 5 nitrogen and oxygen atoms in total. The summed E-state index contributed by atoms with van der Waals surface area (Å²) in [5.41, 5.74) is 2.08. The van der Waals surface area contributed by atoms with Crippen LogP contribution in [-0.4, -0.2) is 26.4 Å². The van der Waals surface area contributed by atoms with E-state index in [-0.39, 0.29) is 5.91 Å². The minimum atomic E-state index is -0.0386. The minimum absolute atomic E-state index is 0.0386. The van der Waals surface area contributed by atoms with E-state index in [1.165, 1.54) is 17.3 Å². The monoisotopic (exact) mass is 318 g/mol. The van der Waals surface area contributed by atoms with Crippen LogP contribution in [0.4, 0.5) is 5.69 Å². The van der Waals surface area contributed by atoms with Gasteiger partial charge < -0.3 is 9.88 Å². The first-order valence-corrected chi connectivity index (χ1v) is 8.40. The van der Waals surface area contributed by atoms with Crippen LogP contribution in [0.25, 0.3) is 0 Å². The van der Waals surface area contributed by atoms with Crippen LogP contribution >= 0.6 is 11.8 Å². The van der Waals surface area contributed by atoms with Crippen molar-refractivity contribution in [2.75, 3.05) is 11.1 Å². The summed E-state index contributed by atoms with van der Waals surface area (Å²) in [5.74, 6) is 1.70. The van der Waals surface area contributed by atoms with Crippen molar-refractivity contribution in [2.45, 2.75) is 38.3 Å². The van der Waals surface area contributed by atoms with Crippen molar-refractivity contribution >= 4 is 23.4 Å². The van der Waals surface area contributed by atoms with Crippen molar-refractivity contribution in [2.24, 2.45) is 7.05 Å². The van der Waals surface area contributed by atoms with Crippen LogP contribution in [-0.2, 0) is 18.3 Å². The summed E-state index contributed by atoms with van der Waals surface area (Å²) in [7, 11) is 1.92. The minimum Gasteiger partial charge on any atom is -0.325 e. The molecule has 0 aliphatic rings. The number of amides is 1. The van der Waals surface area contributed by atoms with E-state index in [1.54, 1.807) is 0 Å². The molecule has 1 N–H and O–H groups in total. The van der Waals surface area contributed by atoms with Crippen molar-refractivity contribution in [3.05, 3.63) is 35.7 Å². The van der Waals surface area contributed by atoms with Crippen LogP contribution in [0.15, 0.2) is 29.4 Å². The van der Waals surface area contributed by atoms with Crippen LogP contribution in [0.1, 0.15) is 38.1 Å². The van der Waals surface area contributed by atoms with Gasteiger partial charge in [-0.15, -0.1) is 10.2 Å². The highest BCUT2D eigenvalue weighted by molar-refractivity contribution is 7.99. The quantitative estimate of drug-likeness (QED) is 0.831. The average Bonchev–Trinajstić information content (AvgIpc) is 2.86. The number of rotatable bonds is 6. The van der Waals surface area contributed by atoms with E-state index in [0.29, 0.717) is 11.7 Å². The van der Waals surface area contributed by atoms with Crippen molar-refractivity contribution in [1.29, 1.82) is 0 Å². The first-order valence-electron chi connectivity index (χ1n) is 7.42. The first-order chi connectivity index (χ1) is 10.5. The molecule has 6 heteroatoms. The number of nitrogens with one attached hydrogen (secondary N) is 1. The normalized spacial score (nSPS) is 11.0. The van der Waals surface area contributed by atoms with E-state index in [0.717, 1.165) is 23.1 Å². The zero-order valence-corrected chi connectivity index (χ0v) is 14.3. The number of aromatic nitrogens is 3. The fourth-order valence-corrected chi connectivity index (χ4v) is 2.79. The van der Waals surface area contributed by atoms with Gasteiger partial charge in [-0.2, -0.15) is 0 Å². The molecular weight excluding hydrogens is 296 g/mol. The van der Waals surface area contributed by atoms with Crippen LogP contribution < -0.4 is 5.32 Å². The summed E-state index contributed by atoms with van der Waals surface area (Å²) in [5, 5.41) is 11.8. The number of aryl methyl sites for hydroxylation is 1. The maximum Gasteiger partial charge on any atom is 0.234 e. The van der Waals surface area contributed by atoms with Gasteiger partial charge in [0.1, 0.15) is 5.82 Å². The molecule has 0 saturated heterocycles. The van der Waals surface area contributed by atoms with Gasteiger partial charge in [0.05, 0.1) is 5.75 Å². The molecule has 1 aromatic carbocycles. The number of carbonyl (C=O) groups is 1. The molecule has 1 aromatic heterocycles. The SMILES string of the molecule is CCc1nnc(SCC(=O)Nc2ccc(C(C)C)cc2)n1C. The Labute approximate surface area is 135 Å². The molecule has 0 aliphatic heterocycles. The largest absolute Gasteiger partial charge is 0.325 e. The van der Waals surface area contributed by atoms with Gasteiger partial charge in [0.25, 0.3) is 0 Å². The molecule has 1 amide bonds. The number of nitrogens with zero attached hydrogens (tertiary/aromatic N) is 3. The van der Waals surface area contributed by atoms with Gasteiger partial charge in [-0.3, -0.25) is 4.79 Å². The molecule has 0 radical (unpaired) electrons. The lowest BCUT2D eigenvalue weighted by molar-refractivity contribution is -0.113. The molecule has 0 unspecified atom stereocenters. The predicted octanol–water partition coefficient (Wildman–Crippen LogP) is 3.23. The molecule has 2 rings (SSSR count). The van der Waals surface area contributed by atoms with Crippen LogP contribution in [0.5, 0.6) is 0 Å². The Morgan fingerprint density at radius 2 is 1.95 bits per heavy atom. The van der Waals surface area contributed by atoms with Gasteiger partial charge in [-0.05, 0) is 23.6 Å². The summed E-state index contributed by atoms with van der Waals surface area (Å²) >= 11 is 1.40. The predicted molar refractivity (Wildman–Crippen MR) is 90.3 cm³/mol. The van der Waals surface area contributed by atoms with Crippen LogP contribution in [0.2, 0.25) is 0 Å². The van der Waals surface area contributed by atoms with Crippen molar-refractivity contribution < 1.29 is 4.79 Å². The maximum absolute atomic E-state index is 12.0. The Bertz CT molecular complexity index is 634. The Morgan fingerprint density at radius 3 is 2.50 bits per heavy atom. The number of carbonyl (C=O) groups excluding carboxylic acids is 1. The third kappa shape index (κ3) is 4.10. The zero-order chi connectivity index (χ0) is 16.1. The molecular formula is C16H22N4OS. The molecule has 0 bridgehead atoms. The lowest BCUT2D eigenvalue weighted by Crippen LogP contribution is -2.14. The van der Waals surface area contributed by atoms with Gasteiger partial charge in [0.15, 0.2) is 5.16 Å². The summed E-state index contributed by atoms with van der Waals surface area (Å²) in [6.07, 6.45) is 0.832. The van der Waals surface area contributed by atoms with Gasteiger partial charge in [0.2, 0.25) is 5.91 Å². The zero-order valence-electron chi connectivity index (χ0n) is 13.5. The van der Waals surface area contributed by atoms with Crippen LogP contribution in [0, 0.1) is 0 Å². The van der Waals surface area contributed by atoms with Crippen molar-refractivity contribution in [3.63, 3.8) is 0 Å².